The summed E-state index contributed by atoms with van der Waals surface area (Å²) in [4.78, 5) is 31.8. The van der Waals surface area contributed by atoms with Crippen LogP contribution in [0.1, 0.15) is 77.0 Å². The molecule has 2 bridgehead atoms. The number of nitrogens with one attached hydrogen (secondary N) is 2. The lowest BCUT2D eigenvalue weighted by Crippen LogP contribution is -2.70. The van der Waals surface area contributed by atoms with Crippen LogP contribution < -0.4 is 10.6 Å². The molecule has 252 valence electrons. The molecule has 5 aliphatic heterocycles. The molecule has 0 radical (unpaired) electrons. The van der Waals surface area contributed by atoms with E-state index >= 15 is 4.39 Å². The molecule has 5 atom stereocenters. The number of ether oxygens (including phenoxy) is 1. The molecule has 2 amide bonds. The zero-order valence-corrected chi connectivity index (χ0v) is 27.3. The van der Waals surface area contributed by atoms with E-state index < -0.39 is 16.3 Å². The Bertz CT molecular complexity index is 1060. The molecule has 44 heavy (non-hydrogen) atoms. The van der Waals surface area contributed by atoms with Crippen LogP contribution in [0.3, 0.4) is 0 Å². The van der Waals surface area contributed by atoms with Crippen molar-refractivity contribution >= 4 is 33.5 Å². The normalized spacial score (nSPS) is 33.7. The average Bonchev–Trinajstić information content (AvgIpc) is 2.99. The average molecular weight is 664 g/mol. The Kier molecular flexibility index (Phi) is 12.2. The molecule has 5 saturated heterocycles. The van der Waals surface area contributed by atoms with Crippen molar-refractivity contribution in [2.45, 2.75) is 113 Å². The van der Waals surface area contributed by atoms with Gasteiger partial charge in [-0.15, -0.1) is 11.6 Å². The van der Waals surface area contributed by atoms with Gasteiger partial charge in [-0.1, -0.05) is 0 Å². The lowest BCUT2D eigenvalue weighted by Gasteiger charge is -2.56. The molecule has 0 spiro atoms. The molecule has 5 unspecified atom stereocenters. The van der Waals surface area contributed by atoms with Crippen LogP contribution in [0.15, 0.2) is 0 Å². The van der Waals surface area contributed by atoms with E-state index in [1.807, 2.05) is 4.90 Å². The fraction of sp³-hybridized carbons (Fsp3) is 0.933. The summed E-state index contributed by atoms with van der Waals surface area (Å²) in [5, 5.41) is 7.10. The third kappa shape index (κ3) is 9.48. The van der Waals surface area contributed by atoms with Gasteiger partial charge in [0.1, 0.15) is 12.5 Å². The lowest BCUT2D eigenvalue weighted by molar-refractivity contribution is -0.161. The van der Waals surface area contributed by atoms with Gasteiger partial charge >= 0.3 is 0 Å². The van der Waals surface area contributed by atoms with E-state index in [1.165, 1.54) is 12.8 Å². The maximum atomic E-state index is 15.1. The summed E-state index contributed by atoms with van der Waals surface area (Å²) in [7, 11) is -4.01. The van der Waals surface area contributed by atoms with Crippen LogP contribution in [0.2, 0.25) is 0 Å². The Morgan fingerprint density at radius 3 is 2.32 bits per heavy atom. The zero-order valence-electron chi connectivity index (χ0n) is 25.8. The lowest BCUT2D eigenvalue weighted by atomic mass is 9.82. The highest BCUT2D eigenvalue weighted by Gasteiger charge is 2.48. The van der Waals surface area contributed by atoms with E-state index in [0.717, 1.165) is 51.9 Å². The van der Waals surface area contributed by atoms with Crippen LogP contribution in [0, 0.1) is 11.8 Å². The fourth-order valence-electron chi connectivity index (χ4n) is 7.79. The minimum atomic E-state index is -4.01. The molecule has 11 nitrogen and oxygen atoms in total. The Morgan fingerprint density at radius 1 is 0.955 bits per heavy atom. The van der Waals surface area contributed by atoms with E-state index in [0.29, 0.717) is 44.9 Å². The van der Waals surface area contributed by atoms with Crippen molar-refractivity contribution in [3.8, 4) is 0 Å². The number of halogens is 2. The Hall–Kier alpha value is -1.09. The van der Waals surface area contributed by atoms with Crippen molar-refractivity contribution in [2.24, 2.45) is 11.8 Å². The molecular weight excluding hydrogens is 613 g/mol. The Balaban J connectivity index is 0.921. The van der Waals surface area contributed by atoms with Gasteiger partial charge in [-0.25, -0.2) is 4.39 Å². The third-order valence-electron chi connectivity index (χ3n) is 10.4. The molecule has 5 heterocycles. The fourth-order valence-corrected chi connectivity index (χ4v) is 8.54. The van der Waals surface area contributed by atoms with Crippen LogP contribution in [0.5, 0.6) is 0 Å². The van der Waals surface area contributed by atoms with Gasteiger partial charge in [0, 0.05) is 65.1 Å². The van der Waals surface area contributed by atoms with Crippen molar-refractivity contribution in [1.82, 2.24) is 25.3 Å². The number of fused-ring (bicyclic) bond motifs is 2. The van der Waals surface area contributed by atoms with Crippen LogP contribution >= 0.6 is 11.6 Å². The third-order valence-corrected chi connectivity index (χ3v) is 11.5. The zero-order chi connectivity index (χ0) is 31.3. The molecule has 6 fully saturated rings. The van der Waals surface area contributed by atoms with E-state index in [9.17, 15) is 18.0 Å². The number of carbonyl (C=O) groups excluding carboxylic acids is 2. The molecule has 0 aromatic carbocycles. The minimum absolute atomic E-state index is 0.0188. The van der Waals surface area contributed by atoms with Gasteiger partial charge in [0.15, 0.2) is 0 Å². The summed E-state index contributed by atoms with van der Waals surface area (Å²) < 4.78 is 51.8. The number of likely N-dealkylation sites (tertiary alicyclic amines) is 1. The first-order valence-electron chi connectivity index (χ1n) is 16.7. The van der Waals surface area contributed by atoms with E-state index in [1.54, 1.807) is 4.90 Å². The van der Waals surface area contributed by atoms with Crippen molar-refractivity contribution in [3.05, 3.63) is 0 Å². The van der Waals surface area contributed by atoms with E-state index in [-0.39, 0.29) is 72.6 Å². The molecule has 0 aromatic heterocycles. The predicted molar refractivity (Wildman–Crippen MR) is 165 cm³/mol. The van der Waals surface area contributed by atoms with Gasteiger partial charge < -0.3 is 14.5 Å². The summed E-state index contributed by atoms with van der Waals surface area (Å²) >= 11 is 6.16. The second kappa shape index (κ2) is 15.7. The van der Waals surface area contributed by atoms with Gasteiger partial charge in [0.25, 0.3) is 10.1 Å². The number of amides is 2. The van der Waals surface area contributed by atoms with Crippen molar-refractivity contribution < 1.29 is 31.7 Å². The largest absolute Gasteiger partial charge is 0.378 e. The van der Waals surface area contributed by atoms with Crippen molar-refractivity contribution in [2.75, 3.05) is 51.6 Å². The smallest absolute Gasteiger partial charge is 0.264 e. The van der Waals surface area contributed by atoms with Gasteiger partial charge in [0.05, 0.1) is 29.3 Å². The number of hydrogen-bond donors (Lipinski definition) is 3. The second-order valence-electron chi connectivity index (χ2n) is 13.6. The molecular formula is C30H51ClFN5O6S. The predicted octanol–water partition coefficient (Wildman–Crippen LogP) is 2.35. The van der Waals surface area contributed by atoms with E-state index in [2.05, 4.69) is 15.5 Å². The minimum Gasteiger partial charge on any atom is -0.378 e. The van der Waals surface area contributed by atoms with Crippen molar-refractivity contribution in [3.63, 3.8) is 0 Å². The first-order valence-corrected chi connectivity index (χ1v) is 18.7. The van der Waals surface area contributed by atoms with Gasteiger partial charge in [-0.05, 0) is 69.6 Å². The second-order valence-corrected chi connectivity index (χ2v) is 15.8. The Morgan fingerprint density at radius 2 is 1.66 bits per heavy atom. The van der Waals surface area contributed by atoms with Gasteiger partial charge in [0.2, 0.25) is 11.8 Å². The molecule has 0 aromatic rings. The van der Waals surface area contributed by atoms with Crippen LogP contribution in [-0.2, 0) is 24.4 Å². The maximum absolute atomic E-state index is 15.1. The van der Waals surface area contributed by atoms with E-state index in [4.69, 9.17) is 20.9 Å². The maximum Gasteiger partial charge on any atom is 0.264 e. The number of rotatable bonds is 13. The van der Waals surface area contributed by atoms with Crippen LogP contribution in [-0.4, -0.2) is 127 Å². The number of carbonyl (C=O) groups is 2. The summed E-state index contributed by atoms with van der Waals surface area (Å²) in [6, 6.07) is -0.0375. The molecule has 6 aliphatic rings. The molecule has 6 rings (SSSR count). The highest BCUT2D eigenvalue weighted by Crippen LogP contribution is 2.36. The molecule has 3 N–H and O–H groups in total. The van der Waals surface area contributed by atoms with Crippen LogP contribution in [0.25, 0.3) is 0 Å². The topological polar surface area (TPSA) is 132 Å². The summed E-state index contributed by atoms with van der Waals surface area (Å²) in [6.07, 6.45) is 7.33. The molecule has 14 heteroatoms. The number of piperidine rings is 2. The van der Waals surface area contributed by atoms with Gasteiger partial charge in [-0.2, -0.15) is 8.42 Å². The number of hydrogen-bond acceptors (Lipinski definition) is 8. The van der Waals surface area contributed by atoms with Gasteiger partial charge in [-0.3, -0.25) is 29.7 Å². The highest BCUT2D eigenvalue weighted by molar-refractivity contribution is 7.85. The number of piperazine rings is 1. The number of alkyl halides is 2. The Labute approximate surface area is 266 Å². The quantitative estimate of drug-likeness (QED) is 0.154. The summed E-state index contributed by atoms with van der Waals surface area (Å²) in [6.45, 7) is 5.44. The monoisotopic (exact) mass is 663 g/mol. The standard InChI is InChI=1S/C30H51ClFN5O6S/c31-23-17-33-30(34-18-23)35-10-8-21(9-11-35)4-3-12-43-26-7-6-22(27(32)16-26)14-29(39)36-19-24-15-25(20-36)37(24)28(38)5-1-2-13-44(40,41)42/h21-27,30,33-34H,1-20H2,(H,40,41,42). The van der Waals surface area contributed by atoms with Crippen LogP contribution in [0.4, 0.5) is 4.39 Å². The molecule has 1 aliphatic carbocycles. The first kappa shape index (κ1) is 34.3. The number of nitrogens with zero attached hydrogens (tertiary/aromatic N) is 3. The SMILES string of the molecule is O=C(CC1CCC(OCCCC2CCN(C3NCC(Cl)CN3)CC2)CC1F)N1CC2CC(C1)N2C(=O)CCCCS(=O)(=O)O. The molecule has 1 saturated carbocycles. The first-order chi connectivity index (χ1) is 21.1. The number of unbranched alkanes of at least 4 members (excludes halogenated alkanes) is 1. The summed E-state index contributed by atoms with van der Waals surface area (Å²) in [5.41, 5.74) is 0. The highest BCUT2D eigenvalue weighted by atomic mass is 35.5. The summed E-state index contributed by atoms with van der Waals surface area (Å²) in [5.74, 6) is 0.0219. The van der Waals surface area contributed by atoms with Crippen molar-refractivity contribution in [1.29, 1.82) is 0 Å².